The quantitative estimate of drug-likeness (QED) is 0.895. The monoisotopic (exact) mass is 336 g/mol. The highest BCUT2D eigenvalue weighted by Gasteiger charge is 2.31. The number of nitrogens with zero attached hydrogens (tertiary/aromatic N) is 1. The van der Waals surface area contributed by atoms with E-state index in [0.717, 1.165) is 31.2 Å². The minimum absolute atomic E-state index is 0.118. The van der Waals surface area contributed by atoms with E-state index < -0.39 is 10.0 Å². The lowest BCUT2D eigenvalue weighted by atomic mass is 9.94. The minimum Gasteiger partial charge on any atom is -0.353 e. The highest BCUT2D eigenvalue weighted by atomic mass is 32.2. The van der Waals surface area contributed by atoms with Crippen molar-refractivity contribution in [2.24, 2.45) is 5.92 Å². The Morgan fingerprint density at radius 1 is 1.13 bits per heavy atom. The molecule has 2 fully saturated rings. The number of rotatable bonds is 5. The van der Waals surface area contributed by atoms with Crippen molar-refractivity contribution >= 4 is 15.9 Å². The third-order valence-electron chi connectivity index (χ3n) is 4.65. The summed E-state index contributed by atoms with van der Waals surface area (Å²) in [5.74, 6) is 0.408. The fourth-order valence-corrected chi connectivity index (χ4v) is 4.46. The molecule has 1 aromatic rings. The molecule has 0 radical (unpaired) electrons. The number of aryl methyl sites for hydroxylation is 1. The van der Waals surface area contributed by atoms with Gasteiger partial charge < -0.3 is 5.32 Å². The zero-order valence-corrected chi connectivity index (χ0v) is 14.3. The van der Waals surface area contributed by atoms with Gasteiger partial charge in [0.05, 0.1) is 4.90 Å². The van der Waals surface area contributed by atoms with Gasteiger partial charge in [0.15, 0.2) is 0 Å². The Balaban J connectivity index is 1.55. The van der Waals surface area contributed by atoms with Crippen molar-refractivity contribution in [2.75, 3.05) is 13.1 Å². The van der Waals surface area contributed by atoms with Crippen LogP contribution in [0.5, 0.6) is 0 Å². The summed E-state index contributed by atoms with van der Waals surface area (Å²) >= 11 is 0. The predicted octanol–water partition coefficient (Wildman–Crippen LogP) is 2.06. The molecule has 0 spiro atoms. The van der Waals surface area contributed by atoms with Crippen LogP contribution in [0.4, 0.5) is 0 Å². The van der Waals surface area contributed by atoms with Crippen molar-refractivity contribution in [1.82, 2.24) is 9.62 Å². The molecule has 0 aromatic heterocycles. The number of amides is 1. The van der Waals surface area contributed by atoms with Gasteiger partial charge in [0.2, 0.25) is 15.9 Å². The van der Waals surface area contributed by atoms with E-state index in [1.807, 2.05) is 19.1 Å². The Morgan fingerprint density at radius 3 is 2.30 bits per heavy atom. The van der Waals surface area contributed by atoms with Crippen LogP contribution in [0.1, 0.15) is 37.7 Å². The fraction of sp³-hybridized carbons (Fsp3) is 0.588. The van der Waals surface area contributed by atoms with E-state index in [2.05, 4.69) is 5.32 Å². The van der Waals surface area contributed by atoms with Crippen LogP contribution >= 0.6 is 0 Å². The summed E-state index contributed by atoms with van der Waals surface area (Å²) in [4.78, 5) is 12.2. The Morgan fingerprint density at radius 2 is 1.74 bits per heavy atom. The van der Waals surface area contributed by atoms with Crippen molar-refractivity contribution < 1.29 is 13.2 Å². The Bertz CT molecular complexity index is 658. The van der Waals surface area contributed by atoms with E-state index in [9.17, 15) is 13.2 Å². The average molecular weight is 336 g/mol. The number of carbonyl (C=O) groups excluding carboxylic acids is 1. The first-order valence-corrected chi connectivity index (χ1v) is 9.75. The van der Waals surface area contributed by atoms with E-state index in [4.69, 9.17) is 0 Å². The maximum absolute atomic E-state index is 12.6. The topological polar surface area (TPSA) is 66.5 Å². The first-order valence-electron chi connectivity index (χ1n) is 8.31. The van der Waals surface area contributed by atoms with Gasteiger partial charge in [0.1, 0.15) is 0 Å². The fourth-order valence-electron chi connectivity index (χ4n) is 2.99. The molecular formula is C17H24N2O3S. The Labute approximate surface area is 138 Å². The molecule has 0 unspecified atom stereocenters. The summed E-state index contributed by atoms with van der Waals surface area (Å²) < 4.78 is 26.8. The molecule has 1 aliphatic heterocycles. The maximum Gasteiger partial charge on any atom is 0.243 e. The summed E-state index contributed by atoms with van der Waals surface area (Å²) in [7, 11) is -3.41. The third-order valence-corrected chi connectivity index (χ3v) is 6.56. The largest absolute Gasteiger partial charge is 0.353 e. The molecule has 1 saturated heterocycles. The number of piperidine rings is 1. The standard InChI is InChI=1S/C17H24N2O3S/c1-13-2-6-16(7-3-13)23(21,22)19-10-8-14(9-11-19)12-17(20)18-15-4-5-15/h2-3,6-7,14-15H,4-5,8-12H2,1H3,(H,18,20). The van der Waals surface area contributed by atoms with E-state index in [-0.39, 0.29) is 5.91 Å². The molecule has 5 nitrogen and oxygen atoms in total. The SMILES string of the molecule is Cc1ccc(S(=O)(=O)N2CCC(CC(=O)NC3CC3)CC2)cc1. The molecule has 6 heteroatoms. The van der Waals surface area contributed by atoms with Gasteiger partial charge in [-0.15, -0.1) is 0 Å². The number of nitrogens with one attached hydrogen (secondary N) is 1. The summed E-state index contributed by atoms with van der Waals surface area (Å²) in [6.45, 7) is 2.93. The van der Waals surface area contributed by atoms with Gasteiger partial charge in [-0.1, -0.05) is 17.7 Å². The van der Waals surface area contributed by atoms with E-state index in [1.165, 1.54) is 0 Å². The molecule has 23 heavy (non-hydrogen) atoms. The maximum atomic E-state index is 12.6. The summed E-state index contributed by atoms with van der Waals surface area (Å²) in [6.07, 6.45) is 4.22. The van der Waals surface area contributed by atoms with Gasteiger partial charge in [-0.25, -0.2) is 8.42 Å². The van der Waals surface area contributed by atoms with Crippen LogP contribution in [0.25, 0.3) is 0 Å². The van der Waals surface area contributed by atoms with Crippen LogP contribution in [-0.2, 0) is 14.8 Å². The van der Waals surface area contributed by atoms with Crippen LogP contribution in [-0.4, -0.2) is 37.8 Å². The highest BCUT2D eigenvalue weighted by Crippen LogP contribution is 2.26. The zero-order chi connectivity index (χ0) is 16.4. The number of sulfonamides is 1. The molecule has 1 aliphatic carbocycles. The first-order chi connectivity index (χ1) is 10.9. The zero-order valence-electron chi connectivity index (χ0n) is 13.5. The molecule has 0 atom stereocenters. The lowest BCUT2D eigenvalue weighted by Gasteiger charge is -2.31. The minimum atomic E-state index is -3.41. The Hall–Kier alpha value is -1.40. The van der Waals surface area contributed by atoms with Gasteiger partial charge >= 0.3 is 0 Å². The molecule has 1 N–H and O–H groups in total. The van der Waals surface area contributed by atoms with Crippen molar-refractivity contribution in [1.29, 1.82) is 0 Å². The number of benzene rings is 1. The second-order valence-corrected chi connectivity index (χ2v) is 8.64. The summed E-state index contributed by atoms with van der Waals surface area (Å²) in [5.41, 5.74) is 1.05. The average Bonchev–Trinajstić information content (AvgIpc) is 3.32. The van der Waals surface area contributed by atoms with Crippen molar-refractivity contribution in [3.05, 3.63) is 29.8 Å². The molecule has 0 bridgehead atoms. The van der Waals surface area contributed by atoms with Crippen LogP contribution in [0.2, 0.25) is 0 Å². The lowest BCUT2D eigenvalue weighted by Crippen LogP contribution is -2.39. The van der Waals surface area contributed by atoms with Crippen molar-refractivity contribution in [2.45, 2.75) is 50.0 Å². The lowest BCUT2D eigenvalue weighted by molar-refractivity contribution is -0.122. The van der Waals surface area contributed by atoms with Gasteiger partial charge in [-0.3, -0.25) is 4.79 Å². The van der Waals surface area contributed by atoms with Gasteiger partial charge in [-0.05, 0) is 50.7 Å². The van der Waals surface area contributed by atoms with Crippen molar-refractivity contribution in [3.63, 3.8) is 0 Å². The molecule has 1 amide bonds. The molecule has 126 valence electrons. The van der Waals surface area contributed by atoms with Gasteiger partial charge in [0.25, 0.3) is 0 Å². The molecule has 1 saturated carbocycles. The highest BCUT2D eigenvalue weighted by molar-refractivity contribution is 7.89. The van der Waals surface area contributed by atoms with Crippen LogP contribution in [0.3, 0.4) is 0 Å². The number of carbonyl (C=O) groups is 1. The van der Waals surface area contributed by atoms with E-state index in [0.29, 0.717) is 36.4 Å². The molecule has 2 aliphatic rings. The second kappa shape index (κ2) is 6.61. The predicted molar refractivity (Wildman–Crippen MR) is 88.4 cm³/mol. The molecule has 1 heterocycles. The van der Waals surface area contributed by atoms with Gasteiger partial charge in [0, 0.05) is 25.6 Å². The first kappa shape index (κ1) is 16.5. The van der Waals surface area contributed by atoms with E-state index in [1.54, 1.807) is 16.4 Å². The molecular weight excluding hydrogens is 312 g/mol. The smallest absolute Gasteiger partial charge is 0.243 e. The second-order valence-electron chi connectivity index (χ2n) is 6.71. The van der Waals surface area contributed by atoms with Crippen LogP contribution < -0.4 is 5.32 Å². The Kier molecular flexibility index (Phi) is 4.73. The van der Waals surface area contributed by atoms with Crippen LogP contribution in [0.15, 0.2) is 29.2 Å². The van der Waals surface area contributed by atoms with Gasteiger partial charge in [-0.2, -0.15) is 4.31 Å². The van der Waals surface area contributed by atoms with E-state index >= 15 is 0 Å². The molecule has 1 aromatic carbocycles. The van der Waals surface area contributed by atoms with Crippen molar-refractivity contribution in [3.8, 4) is 0 Å². The van der Waals surface area contributed by atoms with Crippen LogP contribution in [0, 0.1) is 12.8 Å². The number of hydrogen-bond donors (Lipinski definition) is 1. The molecule has 3 rings (SSSR count). The summed E-state index contributed by atoms with van der Waals surface area (Å²) in [6, 6.07) is 7.37. The summed E-state index contributed by atoms with van der Waals surface area (Å²) in [5, 5.41) is 3.00. The number of hydrogen-bond acceptors (Lipinski definition) is 3. The normalized spacial score (nSPS) is 20.4. The third kappa shape index (κ3) is 4.12.